The summed E-state index contributed by atoms with van der Waals surface area (Å²) < 4.78 is 61.2. The summed E-state index contributed by atoms with van der Waals surface area (Å²) in [5, 5.41) is 0. The van der Waals surface area contributed by atoms with Crippen LogP contribution in [0.4, 0.5) is 13.2 Å². The van der Waals surface area contributed by atoms with Crippen LogP contribution in [0.1, 0.15) is 32.1 Å². The molecule has 0 radical (unpaired) electrons. The van der Waals surface area contributed by atoms with Gasteiger partial charge in [-0.1, -0.05) is 25.7 Å². The monoisotopic (exact) mass is 297 g/mol. The quantitative estimate of drug-likeness (QED) is 0.557. The third-order valence-electron chi connectivity index (χ3n) is 3.57. The van der Waals surface area contributed by atoms with Crippen molar-refractivity contribution in [3.63, 3.8) is 0 Å². The minimum atomic E-state index is -4.55. The topological polar surface area (TPSA) is 37.4 Å². The Hall–Kier alpha value is -0.900. The number of rotatable bonds is 6. The van der Waals surface area contributed by atoms with Crippen LogP contribution in [-0.4, -0.2) is 43.5 Å². The van der Waals surface area contributed by atoms with Gasteiger partial charge < -0.3 is 0 Å². The molecule has 0 aromatic rings. The highest BCUT2D eigenvalue weighted by Gasteiger charge is 2.50. The SMILES string of the molecule is C#CN(C1CCCCC1)S(=O)(=O)C(CF)(CF)CF. The minimum absolute atomic E-state index is 0.493. The minimum Gasteiger partial charge on any atom is -0.249 e. The van der Waals surface area contributed by atoms with E-state index < -0.39 is 40.8 Å². The van der Waals surface area contributed by atoms with E-state index in [2.05, 4.69) is 0 Å². The summed E-state index contributed by atoms with van der Waals surface area (Å²) in [5.74, 6) is 0. The third-order valence-corrected chi connectivity index (χ3v) is 5.91. The zero-order valence-electron chi connectivity index (χ0n) is 10.6. The van der Waals surface area contributed by atoms with Crippen molar-refractivity contribution < 1.29 is 21.6 Å². The molecule has 0 heterocycles. The molecule has 3 nitrogen and oxygen atoms in total. The molecule has 0 aliphatic heterocycles. The normalized spacial score (nSPS) is 18.0. The lowest BCUT2D eigenvalue weighted by molar-refractivity contribution is 0.237. The number of alkyl halides is 3. The van der Waals surface area contributed by atoms with Gasteiger partial charge in [0.1, 0.15) is 20.0 Å². The van der Waals surface area contributed by atoms with E-state index in [0.717, 1.165) is 19.3 Å². The molecule has 0 saturated heterocycles. The Balaban J connectivity index is 3.10. The van der Waals surface area contributed by atoms with Crippen molar-refractivity contribution in [2.75, 3.05) is 20.0 Å². The fourth-order valence-corrected chi connectivity index (χ4v) is 3.78. The molecule has 0 aromatic carbocycles. The molecule has 7 heteroatoms. The number of nitrogens with zero attached hydrogens (tertiary/aromatic N) is 1. The molecule has 0 spiro atoms. The molecular weight excluding hydrogens is 279 g/mol. The van der Waals surface area contributed by atoms with Crippen LogP contribution in [0.5, 0.6) is 0 Å². The molecule has 0 amide bonds. The van der Waals surface area contributed by atoms with Crippen molar-refractivity contribution in [2.24, 2.45) is 0 Å². The first-order valence-corrected chi connectivity index (χ1v) is 7.61. The second-order valence-corrected chi connectivity index (χ2v) is 7.02. The Bertz CT molecular complexity index is 414. The van der Waals surface area contributed by atoms with Crippen LogP contribution in [0.25, 0.3) is 0 Å². The molecule has 1 fully saturated rings. The van der Waals surface area contributed by atoms with E-state index in [1.807, 2.05) is 6.04 Å². The summed E-state index contributed by atoms with van der Waals surface area (Å²) in [7, 11) is -4.55. The van der Waals surface area contributed by atoms with E-state index in [0.29, 0.717) is 17.1 Å². The highest BCUT2D eigenvalue weighted by atomic mass is 32.2. The average Bonchev–Trinajstić information content (AvgIpc) is 2.42. The Labute approximate surface area is 112 Å². The molecule has 1 saturated carbocycles. The highest BCUT2D eigenvalue weighted by Crippen LogP contribution is 2.30. The summed E-state index contributed by atoms with van der Waals surface area (Å²) in [5.41, 5.74) is 0. The maximum Gasteiger partial charge on any atom is 0.255 e. The first-order valence-electron chi connectivity index (χ1n) is 6.17. The van der Waals surface area contributed by atoms with Gasteiger partial charge in [-0.3, -0.25) is 0 Å². The van der Waals surface area contributed by atoms with Gasteiger partial charge in [-0.25, -0.2) is 25.9 Å². The van der Waals surface area contributed by atoms with E-state index in [-0.39, 0.29) is 0 Å². The van der Waals surface area contributed by atoms with E-state index in [1.54, 1.807) is 0 Å². The molecule has 110 valence electrons. The van der Waals surface area contributed by atoms with Gasteiger partial charge in [0, 0.05) is 6.04 Å². The van der Waals surface area contributed by atoms with Crippen LogP contribution in [-0.2, 0) is 10.0 Å². The van der Waals surface area contributed by atoms with Crippen molar-refractivity contribution in [3.05, 3.63) is 0 Å². The smallest absolute Gasteiger partial charge is 0.249 e. The molecule has 1 aliphatic carbocycles. The standard InChI is InChI=1S/C12H18F3NO2S/c1-2-16(11-6-4-3-5-7-11)19(17,18)12(8-13,9-14)10-15/h1,11H,3-10H2. The molecule has 0 N–H and O–H groups in total. The van der Waals surface area contributed by atoms with Crippen molar-refractivity contribution in [2.45, 2.75) is 42.9 Å². The van der Waals surface area contributed by atoms with E-state index in [9.17, 15) is 21.6 Å². The van der Waals surface area contributed by atoms with Gasteiger partial charge in [0.2, 0.25) is 0 Å². The predicted molar refractivity (Wildman–Crippen MR) is 67.1 cm³/mol. The van der Waals surface area contributed by atoms with Crippen molar-refractivity contribution in [1.29, 1.82) is 0 Å². The summed E-state index contributed by atoms with van der Waals surface area (Å²) in [6.45, 7) is -4.90. The molecule has 0 unspecified atom stereocenters. The lowest BCUT2D eigenvalue weighted by atomic mass is 9.96. The number of hydrogen-bond donors (Lipinski definition) is 0. The fourth-order valence-electron chi connectivity index (χ4n) is 2.21. The van der Waals surface area contributed by atoms with Crippen LogP contribution in [0.15, 0.2) is 0 Å². The first kappa shape index (κ1) is 16.2. The summed E-state index contributed by atoms with van der Waals surface area (Å²) in [4.78, 5) is 0. The lowest BCUT2D eigenvalue weighted by Gasteiger charge is -2.36. The van der Waals surface area contributed by atoms with Crippen LogP contribution >= 0.6 is 0 Å². The van der Waals surface area contributed by atoms with Gasteiger partial charge in [0.25, 0.3) is 10.0 Å². The van der Waals surface area contributed by atoms with Gasteiger partial charge in [-0.2, -0.15) is 0 Å². The Morgan fingerprint density at radius 2 is 1.58 bits per heavy atom. The van der Waals surface area contributed by atoms with Crippen LogP contribution in [0.2, 0.25) is 0 Å². The zero-order valence-corrected chi connectivity index (χ0v) is 11.4. The van der Waals surface area contributed by atoms with Gasteiger partial charge in [-0.15, -0.1) is 0 Å². The Morgan fingerprint density at radius 3 is 1.95 bits per heavy atom. The summed E-state index contributed by atoms with van der Waals surface area (Å²) >= 11 is 0. The van der Waals surface area contributed by atoms with Gasteiger partial charge in [-0.05, 0) is 12.8 Å². The van der Waals surface area contributed by atoms with E-state index in [4.69, 9.17) is 6.42 Å². The molecule has 1 rings (SSSR count). The van der Waals surface area contributed by atoms with Gasteiger partial charge >= 0.3 is 0 Å². The van der Waals surface area contributed by atoms with Crippen LogP contribution in [0.3, 0.4) is 0 Å². The van der Waals surface area contributed by atoms with Gasteiger partial charge in [0.05, 0.1) is 6.04 Å². The number of hydrogen-bond acceptors (Lipinski definition) is 2. The van der Waals surface area contributed by atoms with Gasteiger partial charge in [0.15, 0.2) is 4.75 Å². The molecule has 1 aliphatic rings. The predicted octanol–water partition coefficient (Wildman–Crippen LogP) is 2.19. The maximum atomic E-state index is 12.9. The van der Waals surface area contributed by atoms with E-state index >= 15 is 0 Å². The Kier molecular flexibility index (Phi) is 5.53. The molecule has 0 aromatic heterocycles. The second kappa shape index (κ2) is 6.51. The van der Waals surface area contributed by atoms with Crippen molar-refractivity contribution in [3.8, 4) is 12.5 Å². The van der Waals surface area contributed by atoms with Crippen LogP contribution in [0, 0.1) is 12.5 Å². The molecule has 19 heavy (non-hydrogen) atoms. The van der Waals surface area contributed by atoms with Crippen LogP contribution < -0.4 is 0 Å². The largest absolute Gasteiger partial charge is 0.255 e. The van der Waals surface area contributed by atoms with Crippen molar-refractivity contribution >= 4 is 10.0 Å². The van der Waals surface area contributed by atoms with Crippen molar-refractivity contribution in [1.82, 2.24) is 4.31 Å². The summed E-state index contributed by atoms with van der Waals surface area (Å²) in [6, 6.07) is 1.47. The number of terminal acetylenes is 1. The first-order chi connectivity index (χ1) is 8.99. The number of halogens is 3. The molecule has 0 atom stereocenters. The zero-order chi connectivity index (χ0) is 14.5. The maximum absolute atomic E-state index is 12.9. The lowest BCUT2D eigenvalue weighted by Crippen LogP contribution is -2.54. The fraction of sp³-hybridized carbons (Fsp3) is 0.833. The Morgan fingerprint density at radius 1 is 1.11 bits per heavy atom. The second-order valence-electron chi connectivity index (χ2n) is 4.81. The molecular formula is C12H18F3NO2S. The number of sulfonamides is 1. The third kappa shape index (κ3) is 2.83. The average molecular weight is 297 g/mol. The highest BCUT2D eigenvalue weighted by molar-refractivity contribution is 7.90. The molecule has 0 bridgehead atoms. The summed E-state index contributed by atoms with van der Waals surface area (Å²) in [6.07, 6.45) is 8.81. The van der Waals surface area contributed by atoms with E-state index in [1.165, 1.54) is 0 Å².